The van der Waals surface area contributed by atoms with Crippen LogP contribution in [0.3, 0.4) is 0 Å². The van der Waals surface area contributed by atoms with Gasteiger partial charge in [0.25, 0.3) is 5.91 Å². The van der Waals surface area contributed by atoms with Gasteiger partial charge in [-0.15, -0.1) is 0 Å². The molecule has 0 bridgehead atoms. The summed E-state index contributed by atoms with van der Waals surface area (Å²) in [7, 11) is 0. The SMILES string of the molecule is CC(C)[C@H]1NC(=O)[C@H]2CN(C(=O)c3ccc(C(F)(F)F)cc3)CCN2C1=O. The molecule has 2 fully saturated rings. The number of hydrogen-bond acceptors (Lipinski definition) is 3. The van der Waals surface area contributed by atoms with Crippen LogP contribution in [0.2, 0.25) is 0 Å². The van der Waals surface area contributed by atoms with E-state index in [1.54, 1.807) is 0 Å². The molecule has 0 aliphatic carbocycles. The Morgan fingerprint density at radius 3 is 2.33 bits per heavy atom. The quantitative estimate of drug-likeness (QED) is 0.842. The van der Waals surface area contributed by atoms with Gasteiger partial charge in [0.05, 0.1) is 12.1 Å². The number of hydrogen-bond donors (Lipinski definition) is 1. The molecule has 1 aromatic carbocycles. The predicted molar refractivity (Wildman–Crippen MR) is 89.6 cm³/mol. The predicted octanol–water partition coefficient (Wildman–Crippen LogP) is 1.51. The number of piperazine rings is 2. The van der Waals surface area contributed by atoms with Gasteiger partial charge in [0.1, 0.15) is 12.1 Å². The largest absolute Gasteiger partial charge is 0.416 e. The minimum atomic E-state index is -4.47. The van der Waals surface area contributed by atoms with Crippen molar-refractivity contribution in [3.8, 4) is 0 Å². The monoisotopic (exact) mass is 383 g/mol. The topological polar surface area (TPSA) is 69.7 Å². The molecule has 2 aliphatic rings. The summed E-state index contributed by atoms with van der Waals surface area (Å²) >= 11 is 0. The van der Waals surface area contributed by atoms with Crippen LogP contribution in [-0.4, -0.2) is 59.2 Å². The van der Waals surface area contributed by atoms with Gasteiger partial charge in [0.2, 0.25) is 11.8 Å². The number of carbonyl (C=O) groups is 3. The Labute approximate surface area is 154 Å². The van der Waals surface area contributed by atoms with Crippen molar-refractivity contribution in [2.45, 2.75) is 32.1 Å². The van der Waals surface area contributed by atoms with Crippen LogP contribution < -0.4 is 5.32 Å². The highest BCUT2D eigenvalue weighted by Crippen LogP contribution is 2.29. The Morgan fingerprint density at radius 2 is 1.78 bits per heavy atom. The van der Waals surface area contributed by atoms with Crippen molar-refractivity contribution >= 4 is 17.7 Å². The van der Waals surface area contributed by atoms with Gasteiger partial charge in [0.15, 0.2) is 0 Å². The van der Waals surface area contributed by atoms with Crippen molar-refractivity contribution in [1.82, 2.24) is 15.1 Å². The number of benzene rings is 1. The van der Waals surface area contributed by atoms with Crippen LogP contribution >= 0.6 is 0 Å². The number of nitrogens with zero attached hydrogens (tertiary/aromatic N) is 2. The molecule has 3 rings (SSSR count). The van der Waals surface area contributed by atoms with E-state index < -0.39 is 29.7 Å². The molecule has 2 heterocycles. The van der Waals surface area contributed by atoms with Crippen LogP contribution in [0.25, 0.3) is 0 Å². The van der Waals surface area contributed by atoms with E-state index in [4.69, 9.17) is 0 Å². The Kier molecular flexibility index (Phi) is 4.88. The molecule has 0 aromatic heterocycles. The second-order valence-corrected chi connectivity index (χ2v) is 7.10. The first kappa shape index (κ1) is 19.2. The molecule has 3 amide bonds. The highest BCUT2D eigenvalue weighted by atomic mass is 19.4. The fourth-order valence-electron chi connectivity index (χ4n) is 3.38. The normalized spacial score (nSPS) is 23.3. The first-order valence-corrected chi connectivity index (χ1v) is 8.67. The molecule has 0 radical (unpaired) electrons. The van der Waals surface area contributed by atoms with Crippen LogP contribution in [0.1, 0.15) is 29.8 Å². The van der Waals surface area contributed by atoms with Crippen LogP contribution in [-0.2, 0) is 15.8 Å². The molecular formula is C18H20F3N3O3. The molecule has 146 valence electrons. The number of carbonyl (C=O) groups excluding carboxylic acids is 3. The van der Waals surface area contributed by atoms with Crippen LogP contribution in [0.5, 0.6) is 0 Å². The summed E-state index contributed by atoms with van der Waals surface area (Å²) in [4.78, 5) is 40.4. The van der Waals surface area contributed by atoms with Gasteiger partial charge >= 0.3 is 6.18 Å². The number of halogens is 3. The fourth-order valence-corrected chi connectivity index (χ4v) is 3.38. The summed E-state index contributed by atoms with van der Waals surface area (Å²) in [6.07, 6.45) is -4.47. The zero-order chi connectivity index (χ0) is 19.9. The second kappa shape index (κ2) is 6.86. The van der Waals surface area contributed by atoms with Gasteiger partial charge in [-0.1, -0.05) is 13.8 Å². The highest BCUT2D eigenvalue weighted by Gasteiger charge is 2.45. The third-order valence-corrected chi connectivity index (χ3v) is 4.94. The first-order chi connectivity index (χ1) is 12.6. The number of fused-ring (bicyclic) bond motifs is 1. The molecule has 2 saturated heterocycles. The molecule has 0 saturated carbocycles. The van der Waals surface area contributed by atoms with E-state index in [1.807, 2.05) is 13.8 Å². The summed E-state index contributed by atoms with van der Waals surface area (Å²) in [5.74, 6) is -1.00. The van der Waals surface area contributed by atoms with Gasteiger partial charge in [-0.25, -0.2) is 0 Å². The zero-order valence-electron chi connectivity index (χ0n) is 14.9. The van der Waals surface area contributed by atoms with Crippen molar-refractivity contribution < 1.29 is 27.6 Å². The van der Waals surface area contributed by atoms with Gasteiger partial charge in [-0.3, -0.25) is 14.4 Å². The van der Waals surface area contributed by atoms with Crippen LogP contribution in [0.4, 0.5) is 13.2 Å². The van der Waals surface area contributed by atoms with Gasteiger partial charge in [-0.05, 0) is 30.2 Å². The van der Waals surface area contributed by atoms with Gasteiger partial charge < -0.3 is 15.1 Å². The molecule has 0 spiro atoms. The molecule has 9 heteroatoms. The molecule has 6 nitrogen and oxygen atoms in total. The molecule has 1 aromatic rings. The molecule has 27 heavy (non-hydrogen) atoms. The van der Waals surface area contributed by atoms with Crippen LogP contribution in [0.15, 0.2) is 24.3 Å². The van der Waals surface area contributed by atoms with Crippen molar-refractivity contribution in [1.29, 1.82) is 0 Å². The Balaban J connectivity index is 1.73. The Hall–Kier alpha value is -2.58. The lowest BCUT2D eigenvalue weighted by Crippen LogP contribution is -2.70. The van der Waals surface area contributed by atoms with Gasteiger partial charge in [0, 0.05) is 18.7 Å². The van der Waals surface area contributed by atoms with E-state index in [0.29, 0.717) is 0 Å². The number of amides is 3. The average molecular weight is 383 g/mol. The van der Waals surface area contributed by atoms with Crippen LogP contribution in [0, 0.1) is 5.92 Å². The minimum absolute atomic E-state index is 0.0161. The summed E-state index contributed by atoms with van der Waals surface area (Å²) in [5, 5.41) is 2.69. The second-order valence-electron chi connectivity index (χ2n) is 7.10. The van der Waals surface area contributed by atoms with Gasteiger partial charge in [-0.2, -0.15) is 13.2 Å². The summed E-state index contributed by atoms with van der Waals surface area (Å²) in [5.41, 5.74) is -0.722. The maximum atomic E-state index is 12.7. The van der Waals surface area contributed by atoms with Crippen molar-refractivity contribution in [3.05, 3.63) is 35.4 Å². The maximum Gasteiger partial charge on any atom is 0.416 e. The number of rotatable bonds is 2. The summed E-state index contributed by atoms with van der Waals surface area (Å²) in [6, 6.07) is 2.60. The van der Waals surface area contributed by atoms with E-state index in [2.05, 4.69) is 5.32 Å². The highest BCUT2D eigenvalue weighted by molar-refractivity contribution is 5.99. The van der Waals surface area contributed by atoms with E-state index in [9.17, 15) is 27.6 Å². The maximum absolute atomic E-state index is 12.7. The summed E-state index contributed by atoms with van der Waals surface area (Å²) < 4.78 is 38.0. The van der Waals surface area contributed by atoms with E-state index in [-0.39, 0.29) is 42.9 Å². The average Bonchev–Trinajstić information content (AvgIpc) is 2.63. The third-order valence-electron chi connectivity index (χ3n) is 4.94. The fraction of sp³-hybridized carbons (Fsp3) is 0.500. The summed E-state index contributed by atoms with van der Waals surface area (Å²) in [6.45, 7) is 4.13. The molecule has 1 N–H and O–H groups in total. The zero-order valence-corrected chi connectivity index (χ0v) is 14.9. The molecule has 2 atom stereocenters. The van der Waals surface area contributed by atoms with Crippen molar-refractivity contribution in [3.63, 3.8) is 0 Å². The van der Waals surface area contributed by atoms with Crippen molar-refractivity contribution in [2.75, 3.05) is 19.6 Å². The number of alkyl halides is 3. The molecule has 2 aliphatic heterocycles. The Morgan fingerprint density at radius 1 is 1.15 bits per heavy atom. The van der Waals surface area contributed by atoms with E-state index >= 15 is 0 Å². The Bertz CT molecular complexity index is 761. The first-order valence-electron chi connectivity index (χ1n) is 8.67. The van der Waals surface area contributed by atoms with Crippen molar-refractivity contribution in [2.24, 2.45) is 5.92 Å². The lowest BCUT2D eigenvalue weighted by molar-refractivity contribution is -0.153. The molecular weight excluding hydrogens is 363 g/mol. The lowest BCUT2D eigenvalue weighted by atomic mass is 9.96. The standard InChI is InChI=1S/C18H20F3N3O3/c1-10(2)14-17(27)24-8-7-23(9-13(24)15(25)22-14)16(26)11-3-5-12(6-4-11)18(19,20)21/h3-6,10,13-14H,7-9H2,1-2H3,(H,22,25)/t13-,14-/m1/s1. The van der Waals surface area contributed by atoms with E-state index in [1.165, 1.54) is 9.80 Å². The lowest BCUT2D eigenvalue weighted by Gasteiger charge is -2.46. The molecule has 0 unspecified atom stereocenters. The van der Waals surface area contributed by atoms with E-state index in [0.717, 1.165) is 24.3 Å². The minimum Gasteiger partial charge on any atom is -0.342 e. The number of nitrogens with one attached hydrogen (secondary N) is 1. The smallest absolute Gasteiger partial charge is 0.342 e. The third kappa shape index (κ3) is 3.63.